The van der Waals surface area contributed by atoms with Crippen LogP contribution in [0.2, 0.25) is 0 Å². The average molecular weight is 231 g/mol. The van der Waals surface area contributed by atoms with Crippen molar-refractivity contribution in [2.75, 3.05) is 0 Å². The lowest BCUT2D eigenvalue weighted by molar-refractivity contribution is 0.285. The molecule has 0 spiro atoms. The highest BCUT2D eigenvalue weighted by atomic mass is 16.1. The molecule has 3 aromatic rings. The Hall–Kier alpha value is -1.71. The molecule has 1 aliphatic rings. The number of nitrogens with one attached hydrogen (secondary N) is 1. The van der Waals surface area contributed by atoms with Gasteiger partial charge in [-0.1, -0.05) is 19.3 Å². The van der Waals surface area contributed by atoms with Crippen LogP contribution >= 0.6 is 0 Å². The predicted molar refractivity (Wildman–Crippen MR) is 67.4 cm³/mol. The van der Waals surface area contributed by atoms with Crippen molar-refractivity contribution in [1.29, 1.82) is 0 Å². The van der Waals surface area contributed by atoms with Gasteiger partial charge in [0.05, 0.1) is 17.1 Å². The first-order chi connectivity index (χ1) is 8.38. The molecular formula is C13H17N3O. The third kappa shape index (κ3) is 1.84. The van der Waals surface area contributed by atoms with Crippen LogP contribution in [0.1, 0.15) is 38.1 Å². The SMILES string of the molecule is O=Cn1c2ccc(cc2)[nH]n1C1CCCCC1. The number of aromatic nitrogens is 3. The molecule has 0 unspecified atom stereocenters. The van der Waals surface area contributed by atoms with E-state index in [2.05, 4.69) is 5.10 Å². The van der Waals surface area contributed by atoms with Crippen LogP contribution in [0.25, 0.3) is 11.0 Å². The van der Waals surface area contributed by atoms with Gasteiger partial charge in [-0.25, -0.2) is 9.48 Å². The molecule has 0 amide bonds. The Kier molecular flexibility index (Phi) is 2.63. The van der Waals surface area contributed by atoms with Gasteiger partial charge in [0.15, 0.2) is 0 Å². The molecule has 1 saturated carbocycles. The highest BCUT2D eigenvalue weighted by Crippen LogP contribution is 2.27. The molecule has 17 heavy (non-hydrogen) atoms. The fourth-order valence-electron chi connectivity index (χ4n) is 2.70. The molecule has 4 nitrogen and oxygen atoms in total. The van der Waals surface area contributed by atoms with Gasteiger partial charge in [-0.3, -0.25) is 9.89 Å². The standard InChI is InChI=1S/C13H17N3O/c17-10-15-12-8-6-11(7-9-12)14-16(15)13-4-2-1-3-5-13/h6-10,13-14H,1-5H2. The Labute approximate surface area is 99.8 Å². The second-order valence-corrected chi connectivity index (χ2v) is 4.75. The van der Waals surface area contributed by atoms with Crippen LogP contribution < -0.4 is 0 Å². The van der Waals surface area contributed by atoms with E-state index >= 15 is 0 Å². The van der Waals surface area contributed by atoms with E-state index in [9.17, 15) is 4.79 Å². The first-order valence-corrected chi connectivity index (χ1v) is 6.29. The summed E-state index contributed by atoms with van der Waals surface area (Å²) in [6.45, 7) is 0. The number of aromatic amines is 1. The van der Waals surface area contributed by atoms with E-state index < -0.39 is 0 Å². The van der Waals surface area contributed by atoms with Crippen molar-refractivity contribution in [3.63, 3.8) is 0 Å². The smallest absolute Gasteiger partial charge is 0.234 e. The molecule has 2 aromatic heterocycles. The molecule has 0 aliphatic heterocycles. The maximum atomic E-state index is 11.3. The first-order valence-electron chi connectivity index (χ1n) is 6.29. The van der Waals surface area contributed by atoms with Crippen LogP contribution in [0.5, 0.6) is 0 Å². The largest absolute Gasteiger partial charge is 0.284 e. The van der Waals surface area contributed by atoms with Gasteiger partial charge in [-0.15, -0.1) is 0 Å². The fraction of sp³-hybridized carbons (Fsp3) is 0.462. The maximum Gasteiger partial charge on any atom is 0.234 e. The van der Waals surface area contributed by atoms with Crippen molar-refractivity contribution < 1.29 is 4.79 Å². The van der Waals surface area contributed by atoms with Gasteiger partial charge in [-0.05, 0) is 37.1 Å². The molecule has 90 valence electrons. The van der Waals surface area contributed by atoms with Crippen molar-refractivity contribution in [2.24, 2.45) is 0 Å². The van der Waals surface area contributed by atoms with Crippen molar-refractivity contribution in [2.45, 2.75) is 38.1 Å². The zero-order valence-corrected chi connectivity index (χ0v) is 9.80. The number of nitrogens with zero attached hydrogens (tertiary/aromatic N) is 2. The van der Waals surface area contributed by atoms with Gasteiger partial charge < -0.3 is 0 Å². The lowest BCUT2D eigenvalue weighted by atomic mass is 9.96. The van der Waals surface area contributed by atoms with Crippen molar-refractivity contribution in [3.05, 3.63) is 24.3 Å². The van der Waals surface area contributed by atoms with E-state index in [1.54, 1.807) is 4.68 Å². The monoisotopic (exact) mass is 231 g/mol. The van der Waals surface area contributed by atoms with Gasteiger partial charge >= 0.3 is 0 Å². The fourth-order valence-corrected chi connectivity index (χ4v) is 2.70. The van der Waals surface area contributed by atoms with E-state index in [-0.39, 0.29) is 0 Å². The van der Waals surface area contributed by atoms with Crippen LogP contribution in [0, 0.1) is 0 Å². The third-order valence-corrected chi connectivity index (χ3v) is 3.63. The summed E-state index contributed by atoms with van der Waals surface area (Å²) in [7, 11) is 0. The minimum Gasteiger partial charge on any atom is -0.284 e. The topological polar surface area (TPSA) is 42.7 Å². The predicted octanol–water partition coefficient (Wildman–Crippen LogP) is 2.88. The van der Waals surface area contributed by atoms with Gasteiger partial charge in [-0.2, -0.15) is 0 Å². The van der Waals surface area contributed by atoms with E-state index in [4.69, 9.17) is 0 Å². The minimum atomic E-state index is 0.416. The maximum absolute atomic E-state index is 11.3. The van der Waals surface area contributed by atoms with Crippen LogP contribution in [0.4, 0.5) is 0 Å². The second-order valence-electron chi connectivity index (χ2n) is 4.75. The molecule has 0 atom stereocenters. The molecule has 2 heterocycles. The van der Waals surface area contributed by atoms with E-state index in [1.807, 2.05) is 29.1 Å². The number of rotatable bonds is 2. The number of fused-ring (bicyclic) bond motifs is 4. The number of H-pyrrole nitrogens is 1. The average Bonchev–Trinajstić information content (AvgIpc) is 2.69. The summed E-state index contributed by atoms with van der Waals surface area (Å²) in [4.78, 5) is 13.3. The highest BCUT2D eigenvalue weighted by molar-refractivity contribution is 5.66. The Morgan fingerprint density at radius 3 is 2.47 bits per heavy atom. The third-order valence-electron chi connectivity index (χ3n) is 3.63. The van der Waals surface area contributed by atoms with Crippen molar-refractivity contribution >= 4 is 17.4 Å². The number of benzene rings is 1. The number of hydrogen-bond donors (Lipinski definition) is 1. The van der Waals surface area contributed by atoms with E-state index in [1.165, 1.54) is 19.3 Å². The lowest BCUT2D eigenvalue weighted by Gasteiger charge is -2.25. The summed E-state index contributed by atoms with van der Waals surface area (Å²) >= 11 is 0. The number of hydrogen-bond acceptors (Lipinski definition) is 1. The van der Waals surface area contributed by atoms with Gasteiger partial charge in [0.25, 0.3) is 0 Å². The zero-order chi connectivity index (χ0) is 11.7. The molecule has 4 rings (SSSR count). The summed E-state index contributed by atoms with van der Waals surface area (Å²) in [5.41, 5.74) is 1.97. The molecule has 0 saturated heterocycles. The molecule has 1 aromatic carbocycles. The Bertz CT molecular complexity index is 520. The van der Waals surface area contributed by atoms with E-state index in [0.29, 0.717) is 6.04 Å². The quantitative estimate of drug-likeness (QED) is 0.793. The van der Waals surface area contributed by atoms with E-state index in [0.717, 1.165) is 30.3 Å². The van der Waals surface area contributed by atoms with Crippen LogP contribution in [0.3, 0.4) is 0 Å². The van der Waals surface area contributed by atoms with Crippen molar-refractivity contribution in [3.8, 4) is 0 Å². The lowest BCUT2D eigenvalue weighted by Crippen LogP contribution is -2.23. The zero-order valence-electron chi connectivity index (χ0n) is 9.80. The van der Waals surface area contributed by atoms with Crippen LogP contribution in [0.15, 0.2) is 24.3 Å². The summed E-state index contributed by atoms with van der Waals surface area (Å²) in [6, 6.07) is 8.38. The number of carbonyl (C=O) groups is 1. The molecule has 1 aliphatic carbocycles. The van der Waals surface area contributed by atoms with Crippen LogP contribution in [-0.4, -0.2) is 21.0 Å². The molecule has 1 N–H and O–H groups in total. The highest BCUT2D eigenvalue weighted by Gasteiger charge is 2.17. The first kappa shape index (κ1) is 10.4. The van der Waals surface area contributed by atoms with Gasteiger partial charge in [0.1, 0.15) is 0 Å². The summed E-state index contributed by atoms with van der Waals surface area (Å²) < 4.78 is 1.68. The number of carbonyl (C=O) groups excluding carboxylic acids is 1. The Balaban J connectivity index is 2.16. The van der Waals surface area contributed by atoms with Crippen molar-refractivity contribution in [1.82, 2.24) is 14.6 Å². The molecule has 1 fully saturated rings. The minimum absolute atomic E-state index is 0.416. The summed E-state index contributed by atoms with van der Waals surface area (Å²) in [5.74, 6) is 0. The van der Waals surface area contributed by atoms with Gasteiger partial charge in [0.2, 0.25) is 6.41 Å². The second kappa shape index (κ2) is 4.28. The Morgan fingerprint density at radius 1 is 1.12 bits per heavy atom. The molecule has 0 radical (unpaired) electrons. The summed E-state index contributed by atoms with van der Waals surface area (Å²) in [6.07, 6.45) is 7.01. The molecule has 2 bridgehead atoms. The summed E-state index contributed by atoms with van der Waals surface area (Å²) in [5, 5.41) is 3.33. The molecule has 4 heteroatoms. The van der Waals surface area contributed by atoms with Crippen LogP contribution in [-0.2, 0) is 4.79 Å². The Morgan fingerprint density at radius 2 is 1.82 bits per heavy atom. The normalized spacial score (nSPS) is 17.4. The molecular weight excluding hydrogens is 214 g/mol. The van der Waals surface area contributed by atoms with Gasteiger partial charge in [0, 0.05) is 0 Å².